The Labute approximate surface area is 174 Å². The zero-order valence-corrected chi connectivity index (χ0v) is 16.5. The summed E-state index contributed by atoms with van der Waals surface area (Å²) in [5.74, 6) is -1.02. The predicted octanol–water partition coefficient (Wildman–Crippen LogP) is 3.11. The van der Waals surface area contributed by atoms with Crippen molar-refractivity contribution in [3.05, 3.63) is 90.0 Å². The van der Waals surface area contributed by atoms with Crippen LogP contribution in [-0.4, -0.2) is 31.3 Å². The van der Waals surface area contributed by atoms with Crippen molar-refractivity contribution in [2.45, 2.75) is 0 Å². The van der Waals surface area contributed by atoms with E-state index in [1.807, 2.05) is 30.3 Å². The predicted molar refractivity (Wildman–Crippen MR) is 118 cm³/mol. The van der Waals surface area contributed by atoms with Crippen LogP contribution in [0.3, 0.4) is 0 Å². The number of nitrogens with one attached hydrogen (secondary N) is 2. The van der Waals surface area contributed by atoms with Crippen LogP contribution >= 0.6 is 0 Å². The second kappa shape index (κ2) is 9.38. The molecule has 7 nitrogen and oxygen atoms in total. The number of primary amides is 1. The summed E-state index contributed by atoms with van der Waals surface area (Å²) in [6, 6.07) is 22.7. The van der Waals surface area contributed by atoms with Crippen LogP contribution in [0.25, 0.3) is 0 Å². The van der Waals surface area contributed by atoms with E-state index in [1.165, 1.54) is 0 Å². The van der Waals surface area contributed by atoms with Gasteiger partial charge in [-0.3, -0.25) is 14.4 Å². The molecule has 0 aromatic heterocycles. The van der Waals surface area contributed by atoms with Crippen molar-refractivity contribution in [3.8, 4) is 0 Å². The summed E-state index contributed by atoms with van der Waals surface area (Å²) >= 11 is 0. The first-order valence-electron chi connectivity index (χ1n) is 9.31. The standard InChI is InChI=1S/C23H22N4O3/c1-27(18-7-3-2-4-8-18)23(30)16-11-13-17(14-12-16)26-21(28)15-25-20-10-6-5-9-19(20)22(24)29/h2-14,25H,15H2,1H3,(H2,24,29)(H,26,28). The summed E-state index contributed by atoms with van der Waals surface area (Å²) < 4.78 is 0. The smallest absolute Gasteiger partial charge is 0.258 e. The molecule has 0 bridgehead atoms. The van der Waals surface area contributed by atoms with Crippen LogP contribution in [-0.2, 0) is 4.79 Å². The Kier molecular flexibility index (Phi) is 6.44. The number of nitrogens with zero attached hydrogens (tertiary/aromatic N) is 1. The minimum atomic E-state index is -0.570. The number of hydrogen-bond acceptors (Lipinski definition) is 4. The van der Waals surface area contributed by atoms with Gasteiger partial charge >= 0.3 is 0 Å². The van der Waals surface area contributed by atoms with E-state index in [9.17, 15) is 14.4 Å². The first-order valence-corrected chi connectivity index (χ1v) is 9.31. The fourth-order valence-electron chi connectivity index (χ4n) is 2.89. The van der Waals surface area contributed by atoms with Crippen LogP contribution < -0.4 is 21.3 Å². The van der Waals surface area contributed by atoms with Crippen molar-refractivity contribution in [1.82, 2.24) is 0 Å². The quantitative estimate of drug-likeness (QED) is 0.565. The molecule has 7 heteroatoms. The molecule has 0 saturated heterocycles. The SMILES string of the molecule is CN(C(=O)c1ccc(NC(=O)CNc2ccccc2C(N)=O)cc1)c1ccccc1. The van der Waals surface area contributed by atoms with Crippen molar-refractivity contribution in [2.24, 2.45) is 5.73 Å². The lowest BCUT2D eigenvalue weighted by Gasteiger charge is -2.17. The van der Waals surface area contributed by atoms with Gasteiger partial charge in [-0.1, -0.05) is 30.3 Å². The van der Waals surface area contributed by atoms with Crippen LogP contribution in [0.1, 0.15) is 20.7 Å². The molecule has 30 heavy (non-hydrogen) atoms. The molecule has 0 heterocycles. The first kappa shape index (κ1) is 20.6. The maximum absolute atomic E-state index is 12.6. The number of carbonyl (C=O) groups is 3. The molecule has 3 amide bonds. The topological polar surface area (TPSA) is 105 Å². The van der Waals surface area contributed by atoms with Gasteiger partial charge in [-0.15, -0.1) is 0 Å². The highest BCUT2D eigenvalue weighted by molar-refractivity contribution is 6.06. The van der Waals surface area contributed by atoms with E-state index in [1.54, 1.807) is 60.5 Å². The molecule has 0 radical (unpaired) electrons. The Bertz CT molecular complexity index is 1050. The van der Waals surface area contributed by atoms with Crippen LogP contribution in [0.2, 0.25) is 0 Å². The number of nitrogens with two attached hydrogens (primary N) is 1. The Morgan fingerprint density at radius 3 is 2.17 bits per heavy atom. The maximum atomic E-state index is 12.6. The number of amides is 3. The average molecular weight is 402 g/mol. The minimum Gasteiger partial charge on any atom is -0.376 e. The molecule has 0 fully saturated rings. The number of anilines is 3. The van der Waals surface area contributed by atoms with Crippen LogP contribution in [0.4, 0.5) is 17.1 Å². The van der Waals surface area contributed by atoms with Crippen molar-refractivity contribution in [2.75, 3.05) is 29.1 Å². The molecule has 3 aromatic carbocycles. The van der Waals surface area contributed by atoms with Gasteiger partial charge in [0.15, 0.2) is 0 Å². The molecule has 0 atom stereocenters. The van der Waals surface area contributed by atoms with E-state index in [0.717, 1.165) is 5.69 Å². The lowest BCUT2D eigenvalue weighted by atomic mass is 10.1. The molecule has 0 aliphatic carbocycles. The third-order valence-electron chi connectivity index (χ3n) is 4.50. The van der Waals surface area contributed by atoms with Crippen molar-refractivity contribution >= 4 is 34.8 Å². The van der Waals surface area contributed by atoms with Gasteiger partial charge in [0.25, 0.3) is 11.8 Å². The number of carbonyl (C=O) groups excluding carboxylic acids is 3. The Morgan fingerprint density at radius 1 is 0.867 bits per heavy atom. The molecule has 152 valence electrons. The monoisotopic (exact) mass is 402 g/mol. The number of para-hydroxylation sites is 2. The third kappa shape index (κ3) is 5.02. The average Bonchev–Trinajstić information content (AvgIpc) is 2.78. The zero-order valence-electron chi connectivity index (χ0n) is 16.5. The van der Waals surface area contributed by atoms with E-state index in [-0.39, 0.29) is 18.4 Å². The van der Waals surface area contributed by atoms with E-state index in [0.29, 0.717) is 22.5 Å². The summed E-state index contributed by atoms with van der Waals surface area (Å²) in [6.45, 7) is -0.0400. The van der Waals surface area contributed by atoms with Gasteiger partial charge < -0.3 is 21.3 Å². The highest BCUT2D eigenvalue weighted by Gasteiger charge is 2.13. The van der Waals surface area contributed by atoms with Crippen molar-refractivity contribution in [3.63, 3.8) is 0 Å². The summed E-state index contributed by atoms with van der Waals surface area (Å²) in [5, 5.41) is 5.65. The highest BCUT2D eigenvalue weighted by atomic mass is 16.2. The molecule has 0 aliphatic heterocycles. The minimum absolute atomic E-state index is 0.0400. The summed E-state index contributed by atoms with van der Waals surface area (Å²) in [7, 11) is 1.71. The zero-order chi connectivity index (χ0) is 21.5. The van der Waals surface area contributed by atoms with Gasteiger partial charge in [0.05, 0.1) is 12.1 Å². The number of hydrogen-bond donors (Lipinski definition) is 3. The Balaban J connectivity index is 1.58. The highest BCUT2D eigenvalue weighted by Crippen LogP contribution is 2.17. The van der Waals surface area contributed by atoms with Gasteiger partial charge in [-0.05, 0) is 48.5 Å². The normalized spacial score (nSPS) is 10.2. The Morgan fingerprint density at radius 2 is 1.50 bits per heavy atom. The molecule has 0 saturated carbocycles. The summed E-state index contributed by atoms with van der Waals surface area (Å²) in [6.07, 6.45) is 0. The fraction of sp³-hybridized carbons (Fsp3) is 0.0870. The van der Waals surface area contributed by atoms with E-state index >= 15 is 0 Å². The number of rotatable bonds is 7. The van der Waals surface area contributed by atoms with Crippen LogP contribution in [0.5, 0.6) is 0 Å². The molecule has 0 aliphatic rings. The maximum Gasteiger partial charge on any atom is 0.258 e. The third-order valence-corrected chi connectivity index (χ3v) is 4.50. The first-order chi connectivity index (χ1) is 14.5. The van der Waals surface area contributed by atoms with Crippen molar-refractivity contribution < 1.29 is 14.4 Å². The lowest BCUT2D eigenvalue weighted by molar-refractivity contribution is -0.114. The summed E-state index contributed by atoms with van der Waals surface area (Å²) in [5.41, 5.74) is 8.00. The van der Waals surface area contributed by atoms with Gasteiger partial charge in [0.2, 0.25) is 5.91 Å². The second-order valence-electron chi connectivity index (χ2n) is 6.59. The van der Waals surface area contributed by atoms with Gasteiger partial charge in [-0.2, -0.15) is 0 Å². The van der Waals surface area contributed by atoms with Gasteiger partial charge in [0.1, 0.15) is 0 Å². The van der Waals surface area contributed by atoms with E-state index < -0.39 is 5.91 Å². The Hall–Kier alpha value is -4.13. The fourth-order valence-corrected chi connectivity index (χ4v) is 2.89. The molecule has 4 N–H and O–H groups in total. The number of benzene rings is 3. The summed E-state index contributed by atoms with van der Waals surface area (Å²) in [4.78, 5) is 37.8. The molecule has 0 spiro atoms. The van der Waals surface area contributed by atoms with Crippen LogP contribution in [0, 0.1) is 0 Å². The lowest BCUT2D eigenvalue weighted by Crippen LogP contribution is -2.26. The molecular formula is C23H22N4O3. The molecule has 3 rings (SSSR count). The van der Waals surface area contributed by atoms with Crippen LogP contribution in [0.15, 0.2) is 78.9 Å². The molecule has 3 aromatic rings. The van der Waals surface area contributed by atoms with E-state index in [2.05, 4.69) is 10.6 Å². The largest absolute Gasteiger partial charge is 0.376 e. The van der Waals surface area contributed by atoms with E-state index in [4.69, 9.17) is 5.73 Å². The second-order valence-corrected chi connectivity index (χ2v) is 6.59. The van der Waals surface area contributed by atoms with Gasteiger partial charge in [0, 0.05) is 29.7 Å². The van der Waals surface area contributed by atoms with Crippen molar-refractivity contribution in [1.29, 1.82) is 0 Å². The molecular weight excluding hydrogens is 380 g/mol. The van der Waals surface area contributed by atoms with Gasteiger partial charge in [-0.25, -0.2) is 0 Å². The molecule has 0 unspecified atom stereocenters.